The smallest absolute Gasteiger partial charge is 0.238 e. The first-order chi connectivity index (χ1) is 6.29. The van der Waals surface area contributed by atoms with Crippen LogP contribution in [0.2, 0.25) is 0 Å². The molecule has 0 aromatic carbocycles. The van der Waals surface area contributed by atoms with Crippen molar-refractivity contribution in [2.75, 3.05) is 0 Å². The minimum absolute atomic E-state index is 0.0116. The van der Waals surface area contributed by atoms with Gasteiger partial charge < -0.3 is 4.57 Å². The normalized spacial score (nSPS) is 10.2. The highest BCUT2D eigenvalue weighted by Crippen LogP contribution is 2.13. The number of hydrogen-bond acceptors (Lipinski definition) is 3. The number of aromatic nitrogens is 2. The van der Waals surface area contributed by atoms with E-state index >= 15 is 0 Å². The van der Waals surface area contributed by atoms with E-state index in [9.17, 15) is 4.79 Å². The summed E-state index contributed by atoms with van der Waals surface area (Å²) in [5.41, 5.74) is 0. The van der Waals surface area contributed by atoms with Gasteiger partial charge in [-0.1, -0.05) is 6.07 Å². The zero-order valence-electron chi connectivity index (χ0n) is 7.10. The molecule has 13 heavy (non-hydrogen) atoms. The number of hydrogen-bond donors (Lipinski definition) is 0. The molecule has 4 heteroatoms. The Bertz CT molecular complexity index is 417. The lowest BCUT2D eigenvalue weighted by molar-refractivity contribution is 0.103. The molecule has 2 aromatic heterocycles. The minimum Gasteiger partial charge on any atom is -0.331 e. The van der Waals surface area contributed by atoms with Crippen LogP contribution in [0.3, 0.4) is 0 Å². The maximum Gasteiger partial charge on any atom is 0.238 e. The lowest BCUT2D eigenvalue weighted by Crippen LogP contribution is -2.06. The molecule has 0 unspecified atom stereocenters. The van der Waals surface area contributed by atoms with Gasteiger partial charge in [0.25, 0.3) is 0 Å². The van der Waals surface area contributed by atoms with Crippen molar-refractivity contribution in [1.29, 1.82) is 0 Å². The predicted octanol–water partition coefficient (Wildman–Crippen LogP) is 1.71. The van der Waals surface area contributed by atoms with Gasteiger partial charge in [-0.25, -0.2) is 4.98 Å². The Kier molecular flexibility index (Phi) is 1.98. The zero-order valence-corrected chi connectivity index (χ0v) is 7.91. The Balaban J connectivity index is 2.39. The van der Waals surface area contributed by atoms with Gasteiger partial charge >= 0.3 is 0 Å². The maximum absolute atomic E-state index is 11.7. The predicted molar refractivity (Wildman–Crippen MR) is 51.0 cm³/mol. The van der Waals surface area contributed by atoms with E-state index in [-0.39, 0.29) is 5.78 Å². The molecule has 0 atom stereocenters. The number of ketones is 1. The molecule has 0 bridgehead atoms. The van der Waals surface area contributed by atoms with Gasteiger partial charge in [-0.05, 0) is 11.4 Å². The standard InChI is InChI=1S/C9H8N2OS/c1-11-5-4-10-9(11)8(12)7-3-2-6-13-7/h2-6H,1H3. The Hall–Kier alpha value is -1.42. The third-order valence-corrected chi connectivity index (χ3v) is 2.64. The molecule has 66 valence electrons. The molecule has 0 aliphatic rings. The van der Waals surface area contributed by atoms with E-state index in [0.717, 1.165) is 4.88 Å². The van der Waals surface area contributed by atoms with E-state index in [1.165, 1.54) is 11.3 Å². The molecular weight excluding hydrogens is 184 g/mol. The molecule has 2 heterocycles. The molecule has 0 aliphatic carbocycles. The Labute approximate surface area is 79.7 Å². The zero-order chi connectivity index (χ0) is 9.26. The lowest BCUT2D eigenvalue weighted by atomic mass is 10.3. The first kappa shape index (κ1) is 8.19. The second-order valence-electron chi connectivity index (χ2n) is 2.67. The van der Waals surface area contributed by atoms with Crippen molar-refractivity contribution >= 4 is 17.1 Å². The molecule has 2 rings (SSSR count). The van der Waals surface area contributed by atoms with Gasteiger partial charge in [-0.3, -0.25) is 4.79 Å². The van der Waals surface area contributed by atoms with E-state index in [2.05, 4.69) is 4.98 Å². The van der Waals surface area contributed by atoms with Gasteiger partial charge in [-0.15, -0.1) is 11.3 Å². The summed E-state index contributed by atoms with van der Waals surface area (Å²) >= 11 is 1.44. The van der Waals surface area contributed by atoms with Gasteiger partial charge in [0.1, 0.15) is 0 Å². The summed E-state index contributed by atoms with van der Waals surface area (Å²) < 4.78 is 1.72. The molecule has 0 saturated heterocycles. The highest BCUT2D eigenvalue weighted by atomic mass is 32.1. The fraction of sp³-hybridized carbons (Fsp3) is 0.111. The van der Waals surface area contributed by atoms with Crippen molar-refractivity contribution in [3.63, 3.8) is 0 Å². The molecule has 0 radical (unpaired) electrons. The van der Waals surface area contributed by atoms with E-state index in [0.29, 0.717) is 5.82 Å². The average molecular weight is 192 g/mol. The molecule has 0 amide bonds. The highest BCUT2D eigenvalue weighted by Gasteiger charge is 2.13. The van der Waals surface area contributed by atoms with Crippen LogP contribution >= 0.6 is 11.3 Å². The van der Waals surface area contributed by atoms with Crippen LogP contribution in [0, 0.1) is 0 Å². The van der Waals surface area contributed by atoms with Crippen LogP contribution < -0.4 is 0 Å². The molecule has 2 aromatic rings. The van der Waals surface area contributed by atoms with Gasteiger partial charge in [-0.2, -0.15) is 0 Å². The Morgan fingerprint density at radius 3 is 3.00 bits per heavy atom. The molecule has 0 aliphatic heterocycles. The average Bonchev–Trinajstić information content (AvgIpc) is 2.72. The van der Waals surface area contributed by atoms with Gasteiger partial charge in [0.2, 0.25) is 5.78 Å². The molecule has 0 fully saturated rings. The molecule has 0 saturated carbocycles. The summed E-state index contributed by atoms with van der Waals surface area (Å²) in [4.78, 5) is 16.4. The number of carbonyl (C=O) groups is 1. The number of imidazole rings is 1. The van der Waals surface area contributed by atoms with Crippen LogP contribution in [-0.2, 0) is 7.05 Å². The van der Waals surface area contributed by atoms with Crippen molar-refractivity contribution < 1.29 is 4.79 Å². The van der Waals surface area contributed by atoms with Crippen LogP contribution in [-0.4, -0.2) is 15.3 Å². The fourth-order valence-corrected chi connectivity index (χ4v) is 1.76. The van der Waals surface area contributed by atoms with Crippen LogP contribution in [0.4, 0.5) is 0 Å². The van der Waals surface area contributed by atoms with Crippen molar-refractivity contribution in [3.8, 4) is 0 Å². The van der Waals surface area contributed by atoms with Crippen molar-refractivity contribution in [1.82, 2.24) is 9.55 Å². The summed E-state index contributed by atoms with van der Waals surface area (Å²) in [7, 11) is 1.81. The summed E-state index contributed by atoms with van der Waals surface area (Å²) in [6.07, 6.45) is 3.39. The van der Waals surface area contributed by atoms with Gasteiger partial charge in [0.15, 0.2) is 5.82 Å². The van der Waals surface area contributed by atoms with Crippen LogP contribution in [0.25, 0.3) is 0 Å². The van der Waals surface area contributed by atoms with Crippen LogP contribution in [0.15, 0.2) is 29.9 Å². The van der Waals surface area contributed by atoms with E-state index in [1.807, 2.05) is 24.6 Å². The number of rotatable bonds is 2. The second-order valence-corrected chi connectivity index (χ2v) is 3.62. The topological polar surface area (TPSA) is 34.9 Å². The quantitative estimate of drug-likeness (QED) is 0.679. The number of thiophene rings is 1. The fourth-order valence-electron chi connectivity index (χ4n) is 1.10. The first-order valence-corrected chi connectivity index (χ1v) is 4.72. The van der Waals surface area contributed by atoms with Crippen molar-refractivity contribution in [3.05, 3.63) is 40.6 Å². The molecular formula is C9H8N2OS. The summed E-state index contributed by atoms with van der Waals surface area (Å²) in [6.45, 7) is 0. The van der Waals surface area contributed by atoms with Crippen LogP contribution in [0.1, 0.15) is 15.5 Å². The number of aryl methyl sites for hydroxylation is 1. The number of nitrogens with zero attached hydrogens (tertiary/aromatic N) is 2. The third kappa shape index (κ3) is 1.40. The highest BCUT2D eigenvalue weighted by molar-refractivity contribution is 7.12. The van der Waals surface area contributed by atoms with E-state index in [1.54, 1.807) is 17.0 Å². The first-order valence-electron chi connectivity index (χ1n) is 3.84. The Morgan fingerprint density at radius 1 is 1.62 bits per heavy atom. The lowest BCUT2D eigenvalue weighted by Gasteiger charge is -1.96. The van der Waals surface area contributed by atoms with Gasteiger partial charge in [0, 0.05) is 19.4 Å². The van der Waals surface area contributed by atoms with Crippen LogP contribution in [0.5, 0.6) is 0 Å². The minimum atomic E-state index is -0.0116. The SMILES string of the molecule is Cn1ccnc1C(=O)c1cccs1. The second kappa shape index (κ2) is 3.14. The summed E-state index contributed by atoms with van der Waals surface area (Å²) in [5, 5.41) is 1.89. The molecule has 3 nitrogen and oxygen atoms in total. The summed E-state index contributed by atoms with van der Waals surface area (Å²) in [5.74, 6) is 0.477. The number of carbonyl (C=O) groups excluding carboxylic acids is 1. The summed E-state index contributed by atoms with van der Waals surface area (Å²) in [6, 6.07) is 3.67. The molecule has 0 N–H and O–H groups in total. The molecule has 0 spiro atoms. The van der Waals surface area contributed by atoms with E-state index in [4.69, 9.17) is 0 Å². The monoisotopic (exact) mass is 192 g/mol. The van der Waals surface area contributed by atoms with Crippen molar-refractivity contribution in [2.24, 2.45) is 7.05 Å². The largest absolute Gasteiger partial charge is 0.331 e. The van der Waals surface area contributed by atoms with Crippen molar-refractivity contribution in [2.45, 2.75) is 0 Å². The third-order valence-electron chi connectivity index (χ3n) is 1.77. The van der Waals surface area contributed by atoms with Gasteiger partial charge in [0.05, 0.1) is 4.88 Å². The van der Waals surface area contributed by atoms with E-state index < -0.39 is 0 Å². The maximum atomic E-state index is 11.7. The Morgan fingerprint density at radius 2 is 2.46 bits per heavy atom.